The Hall–Kier alpha value is -0.990. The minimum absolute atomic E-state index is 0.314. The quantitative estimate of drug-likeness (QED) is 0.789. The van der Waals surface area contributed by atoms with Gasteiger partial charge >= 0.3 is 12.3 Å². The fraction of sp³-hybridized carbons (Fsp3) is 0.375. The lowest BCUT2D eigenvalue weighted by atomic mass is 10.3. The molecule has 17 heavy (non-hydrogen) atoms. The predicted molar refractivity (Wildman–Crippen MR) is 48.5 cm³/mol. The van der Waals surface area contributed by atoms with Crippen molar-refractivity contribution >= 4 is 15.9 Å². The van der Waals surface area contributed by atoms with Crippen molar-refractivity contribution in [3.8, 4) is 5.88 Å². The Morgan fingerprint density at radius 2 is 1.82 bits per heavy atom. The van der Waals surface area contributed by atoms with E-state index in [9.17, 15) is 26.3 Å². The zero-order valence-corrected chi connectivity index (χ0v) is 9.45. The average Bonchev–Trinajstić information content (AvgIpc) is 2.19. The van der Waals surface area contributed by atoms with Crippen molar-refractivity contribution in [3.63, 3.8) is 0 Å². The maximum atomic E-state index is 12.5. The minimum atomic E-state index is -4.66. The van der Waals surface area contributed by atoms with E-state index in [0.717, 1.165) is 0 Å². The van der Waals surface area contributed by atoms with Gasteiger partial charge in [0.05, 0.1) is 10.0 Å². The first kappa shape index (κ1) is 14.1. The van der Waals surface area contributed by atoms with Gasteiger partial charge in [0.1, 0.15) is 0 Å². The molecule has 0 atom stereocenters. The molecule has 2 nitrogen and oxygen atoms in total. The van der Waals surface area contributed by atoms with Crippen LogP contribution in [-0.4, -0.2) is 17.8 Å². The molecule has 0 bridgehead atoms. The lowest BCUT2D eigenvalue weighted by molar-refractivity contribution is -0.188. The topological polar surface area (TPSA) is 22.1 Å². The Balaban J connectivity index is 2.99. The van der Waals surface area contributed by atoms with Crippen LogP contribution in [0.25, 0.3) is 0 Å². The summed E-state index contributed by atoms with van der Waals surface area (Å²) in [5.41, 5.74) is -1.14. The normalized spacial score (nSPS) is 12.6. The van der Waals surface area contributed by atoms with Gasteiger partial charge in [-0.1, -0.05) is 0 Å². The molecule has 0 aromatic carbocycles. The van der Waals surface area contributed by atoms with Crippen LogP contribution in [0.15, 0.2) is 16.7 Å². The van der Waals surface area contributed by atoms with E-state index in [4.69, 9.17) is 0 Å². The van der Waals surface area contributed by atoms with Gasteiger partial charge in [-0.3, -0.25) is 0 Å². The monoisotopic (exact) mass is 323 g/mol. The van der Waals surface area contributed by atoms with Crippen LogP contribution in [-0.2, 0) is 6.18 Å². The second-order valence-corrected chi connectivity index (χ2v) is 3.74. The van der Waals surface area contributed by atoms with Gasteiger partial charge in [0.15, 0.2) is 6.67 Å². The van der Waals surface area contributed by atoms with Crippen molar-refractivity contribution in [2.75, 3.05) is 6.67 Å². The number of halogens is 7. The largest absolute Gasteiger partial charge is 0.428 e. The lowest BCUT2D eigenvalue weighted by Gasteiger charge is -2.15. The lowest BCUT2D eigenvalue weighted by Crippen LogP contribution is -2.27. The highest BCUT2D eigenvalue weighted by molar-refractivity contribution is 9.10. The maximum Gasteiger partial charge on any atom is 0.428 e. The molecule has 9 heteroatoms. The van der Waals surface area contributed by atoms with Crippen LogP contribution < -0.4 is 4.74 Å². The van der Waals surface area contributed by atoms with Crippen molar-refractivity contribution in [2.45, 2.75) is 12.3 Å². The molecule has 0 fully saturated rings. The number of nitrogens with zero attached hydrogens (tertiary/aromatic N) is 1. The van der Waals surface area contributed by atoms with Crippen LogP contribution in [0.5, 0.6) is 5.88 Å². The van der Waals surface area contributed by atoms with Crippen LogP contribution >= 0.6 is 15.9 Å². The highest BCUT2D eigenvalue weighted by Crippen LogP contribution is 2.34. The van der Waals surface area contributed by atoms with Crippen LogP contribution in [0.2, 0.25) is 0 Å². The first-order valence-electron chi connectivity index (χ1n) is 4.01. The summed E-state index contributed by atoms with van der Waals surface area (Å²) in [4.78, 5) is 3.04. The van der Waals surface area contributed by atoms with Gasteiger partial charge in [-0.2, -0.15) is 22.0 Å². The van der Waals surface area contributed by atoms with Crippen LogP contribution in [0.4, 0.5) is 26.3 Å². The van der Waals surface area contributed by atoms with Gasteiger partial charge < -0.3 is 4.74 Å². The molecule has 1 aromatic heterocycles. The minimum Gasteiger partial charge on any atom is -0.411 e. The first-order valence-corrected chi connectivity index (χ1v) is 4.80. The second kappa shape index (κ2) is 4.71. The fourth-order valence-electron chi connectivity index (χ4n) is 0.824. The van der Waals surface area contributed by atoms with Crippen molar-refractivity contribution < 1.29 is 31.1 Å². The Labute approximate surface area is 99.7 Å². The van der Waals surface area contributed by atoms with Crippen LogP contribution in [0, 0.1) is 0 Å². The Morgan fingerprint density at radius 3 is 2.24 bits per heavy atom. The number of hydrogen-bond donors (Lipinski definition) is 0. The van der Waals surface area contributed by atoms with Crippen molar-refractivity contribution in [3.05, 3.63) is 22.3 Å². The van der Waals surface area contributed by atoms with E-state index in [1.807, 2.05) is 0 Å². The van der Waals surface area contributed by atoms with Gasteiger partial charge in [0, 0.05) is 6.20 Å². The molecule has 0 unspecified atom stereocenters. The summed E-state index contributed by atoms with van der Waals surface area (Å²) in [5, 5.41) is 0. The van der Waals surface area contributed by atoms with Crippen molar-refractivity contribution in [1.29, 1.82) is 0 Å². The second-order valence-electron chi connectivity index (χ2n) is 2.88. The van der Waals surface area contributed by atoms with E-state index >= 15 is 0 Å². The molecule has 0 amide bonds. The highest BCUT2D eigenvalue weighted by Gasteiger charge is 2.35. The zero-order valence-electron chi connectivity index (χ0n) is 7.86. The van der Waals surface area contributed by atoms with E-state index in [-0.39, 0.29) is 0 Å². The molecule has 0 aliphatic carbocycles. The third-order valence-corrected chi connectivity index (χ3v) is 2.10. The molecule has 0 saturated heterocycles. The molecule has 1 rings (SSSR count). The summed E-state index contributed by atoms with van der Waals surface area (Å²) >= 11 is 2.58. The van der Waals surface area contributed by atoms with E-state index < -0.39 is 34.9 Å². The highest BCUT2D eigenvalue weighted by atomic mass is 79.9. The molecule has 0 saturated carbocycles. The van der Waals surface area contributed by atoms with E-state index in [2.05, 4.69) is 25.7 Å². The molecule has 0 aliphatic rings. The van der Waals surface area contributed by atoms with Crippen LogP contribution in [0.1, 0.15) is 5.56 Å². The molecule has 1 aromatic rings. The Bertz CT molecular complexity index is 407. The van der Waals surface area contributed by atoms with Crippen LogP contribution in [0.3, 0.4) is 0 Å². The van der Waals surface area contributed by atoms with E-state index in [1.165, 1.54) is 0 Å². The van der Waals surface area contributed by atoms with Gasteiger partial charge in [-0.15, -0.1) is 0 Å². The fourth-order valence-corrected chi connectivity index (χ4v) is 1.25. The number of aromatic nitrogens is 1. The average molecular weight is 324 g/mol. The molecule has 1 heterocycles. The van der Waals surface area contributed by atoms with E-state index in [0.29, 0.717) is 12.3 Å². The summed E-state index contributed by atoms with van der Waals surface area (Å²) in [6.45, 7) is -2.11. The Kier molecular flexibility index (Phi) is 3.90. The maximum absolute atomic E-state index is 12.5. The SMILES string of the molecule is FCC(F)(F)Oc1ncc(C(F)(F)F)cc1Br. The number of rotatable bonds is 3. The van der Waals surface area contributed by atoms with E-state index in [1.54, 1.807) is 0 Å². The standard InChI is InChI=1S/C8H4BrF6NO/c9-5-1-4(8(13,14)15)2-16-6(5)17-7(11,12)3-10/h1-2H,3H2. The molecule has 0 spiro atoms. The van der Waals surface area contributed by atoms with Crippen molar-refractivity contribution in [1.82, 2.24) is 4.98 Å². The Morgan fingerprint density at radius 1 is 1.24 bits per heavy atom. The smallest absolute Gasteiger partial charge is 0.411 e. The van der Waals surface area contributed by atoms with Gasteiger partial charge in [0.2, 0.25) is 5.88 Å². The number of hydrogen-bond acceptors (Lipinski definition) is 2. The molecule has 0 N–H and O–H groups in total. The summed E-state index contributed by atoms with van der Waals surface area (Å²) in [5.74, 6) is -0.819. The zero-order chi connectivity index (χ0) is 13.3. The number of ether oxygens (including phenoxy) is 1. The summed E-state index contributed by atoms with van der Waals surface area (Å²) in [7, 11) is 0. The third kappa shape index (κ3) is 3.76. The molecular formula is C8H4BrF6NO. The molecular weight excluding hydrogens is 320 g/mol. The number of pyridine rings is 1. The molecule has 0 radical (unpaired) electrons. The van der Waals surface area contributed by atoms with Gasteiger partial charge in [-0.25, -0.2) is 9.37 Å². The predicted octanol–water partition coefficient (Wildman–Crippen LogP) is 3.80. The van der Waals surface area contributed by atoms with Gasteiger partial charge in [-0.05, 0) is 22.0 Å². The third-order valence-electron chi connectivity index (χ3n) is 1.54. The van der Waals surface area contributed by atoms with Gasteiger partial charge in [0.25, 0.3) is 0 Å². The molecule has 0 aliphatic heterocycles. The first-order chi connectivity index (χ1) is 7.65. The van der Waals surface area contributed by atoms with Crippen molar-refractivity contribution in [2.24, 2.45) is 0 Å². The summed E-state index contributed by atoms with van der Waals surface area (Å²) < 4.78 is 76.7. The molecule has 96 valence electrons. The summed E-state index contributed by atoms with van der Waals surface area (Å²) in [6, 6.07) is 0.511. The number of alkyl halides is 6. The summed E-state index contributed by atoms with van der Waals surface area (Å²) in [6.07, 6.45) is -8.47.